The zero-order valence-electron chi connectivity index (χ0n) is 23.9. The third kappa shape index (κ3) is 7.11. The minimum Gasteiger partial charge on any atom is -0.487 e. The number of hydrogen-bond donors (Lipinski definition) is 2. The van der Waals surface area contributed by atoms with E-state index in [1.807, 2.05) is 29.3 Å². The fourth-order valence-electron chi connectivity index (χ4n) is 5.35. The maximum absolute atomic E-state index is 13.3. The lowest BCUT2D eigenvalue weighted by molar-refractivity contribution is -0.148. The number of carbonyl (C=O) groups excluding carboxylic acids is 1. The number of alkyl halides is 4. The number of nitrogens with one attached hydrogen (secondary N) is 1. The number of carbonyl (C=O) groups is 1. The maximum atomic E-state index is 13.3. The van der Waals surface area contributed by atoms with E-state index in [1.54, 1.807) is 18.3 Å². The number of nitrogens with zero attached hydrogens (tertiary/aromatic N) is 4. The average Bonchev–Trinajstić information content (AvgIpc) is 3.44. The number of unbranched alkanes of at least 4 members (excludes halogenated alkanes) is 1. The van der Waals surface area contributed by atoms with E-state index < -0.39 is 24.9 Å². The summed E-state index contributed by atoms with van der Waals surface area (Å²) in [5.74, 6) is -4.47. The third-order valence-electron chi connectivity index (χ3n) is 7.79. The summed E-state index contributed by atoms with van der Waals surface area (Å²) in [6.45, 7) is 2.39. The van der Waals surface area contributed by atoms with Gasteiger partial charge in [-0.1, -0.05) is 12.1 Å². The van der Waals surface area contributed by atoms with Gasteiger partial charge in [-0.05, 0) is 73.3 Å². The number of amides is 1. The Hall–Kier alpha value is -4.63. The van der Waals surface area contributed by atoms with Gasteiger partial charge in [-0.3, -0.25) is 9.69 Å². The lowest BCUT2D eigenvalue weighted by Crippen LogP contribution is -2.47. The molecular weight excluding hydrogens is 576 g/mol. The van der Waals surface area contributed by atoms with Gasteiger partial charge in [0, 0.05) is 55.0 Å². The molecule has 1 aliphatic rings. The molecule has 4 aromatic rings. The second-order valence-electron chi connectivity index (χ2n) is 10.8. The molecule has 8 nitrogen and oxygen atoms in total. The number of H-pyrrole nitrogens is 1. The van der Waals surface area contributed by atoms with E-state index in [-0.39, 0.29) is 11.3 Å². The molecule has 3 N–H and O–H groups in total. The van der Waals surface area contributed by atoms with Crippen molar-refractivity contribution in [3.63, 3.8) is 0 Å². The molecule has 3 heterocycles. The van der Waals surface area contributed by atoms with Crippen LogP contribution in [0.4, 0.5) is 23.4 Å². The number of pyridine rings is 1. The Morgan fingerprint density at radius 1 is 1.09 bits per heavy atom. The molecule has 1 fully saturated rings. The molecule has 0 unspecified atom stereocenters. The lowest BCUT2D eigenvalue weighted by atomic mass is 10.0. The molecular formula is C32H32F4N6O2. The van der Waals surface area contributed by atoms with E-state index in [2.05, 4.69) is 20.9 Å². The standard InChI is InChI=1S/C32H32F4N6O2/c33-31(34)32(35,36)20-44-25-6-3-5-22(15-25)24-16-27(29(38)43)30(40-19-24)42-12-10-41(11-13-42)9-2-1-4-23-18-39-28-8-7-21(17-37)14-26(23)28/h3,5-8,14-16,18-19,31,39H,1-2,4,9-13,20H2,(H2,38,43). The van der Waals surface area contributed by atoms with E-state index >= 15 is 0 Å². The SMILES string of the molecule is N#Cc1ccc2[nH]cc(CCCCN3CCN(c4ncc(-c5cccc(OCC(F)(F)C(F)F)c5)cc4C(N)=O)CC3)c2c1. The summed E-state index contributed by atoms with van der Waals surface area (Å²) in [4.78, 5) is 24.6. The Kier molecular flexibility index (Phi) is 9.35. The van der Waals surface area contributed by atoms with Crippen LogP contribution in [0.2, 0.25) is 0 Å². The van der Waals surface area contributed by atoms with Crippen LogP contribution in [0, 0.1) is 11.3 Å². The highest BCUT2D eigenvalue weighted by Crippen LogP contribution is 2.30. The summed E-state index contributed by atoms with van der Waals surface area (Å²) < 4.78 is 56.4. The van der Waals surface area contributed by atoms with Crippen molar-refractivity contribution in [3.8, 4) is 22.9 Å². The van der Waals surface area contributed by atoms with Crippen LogP contribution >= 0.6 is 0 Å². The van der Waals surface area contributed by atoms with Crippen molar-refractivity contribution in [2.75, 3.05) is 44.2 Å². The summed E-state index contributed by atoms with van der Waals surface area (Å²) in [6.07, 6.45) is 2.70. The Morgan fingerprint density at radius 3 is 2.61 bits per heavy atom. The molecule has 2 aromatic carbocycles. The summed E-state index contributed by atoms with van der Waals surface area (Å²) >= 11 is 0. The molecule has 230 valence electrons. The van der Waals surface area contributed by atoms with Crippen LogP contribution in [0.25, 0.3) is 22.0 Å². The van der Waals surface area contributed by atoms with Crippen LogP contribution in [0.5, 0.6) is 5.75 Å². The number of nitrogens with two attached hydrogens (primary N) is 1. The maximum Gasteiger partial charge on any atom is 0.340 e. The van der Waals surface area contributed by atoms with Crippen molar-refractivity contribution in [1.29, 1.82) is 5.26 Å². The van der Waals surface area contributed by atoms with E-state index in [0.717, 1.165) is 49.8 Å². The number of aryl methyl sites for hydroxylation is 1. The Balaban J connectivity index is 1.16. The minimum absolute atomic E-state index is 0.0155. The van der Waals surface area contributed by atoms with Gasteiger partial charge in [0.1, 0.15) is 11.6 Å². The lowest BCUT2D eigenvalue weighted by Gasteiger charge is -2.36. The molecule has 0 atom stereocenters. The van der Waals surface area contributed by atoms with Crippen LogP contribution in [-0.2, 0) is 6.42 Å². The number of hydrogen-bond acceptors (Lipinski definition) is 6. The number of piperazine rings is 1. The third-order valence-corrected chi connectivity index (χ3v) is 7.79. The Morgan fingerprint density at radius 2 is 1.89 bits per heavy atom. The predicted molar refractivity (Wildman–Crippen MR) is 159 cm³/mol. The smallest absolute Gasteiger partial charge is 0.340 e. The topological polar surface area (TPSA) is 111 Å². The summed E-state index contributed by atoms with van der Waals surface area (Å²) in [6, 6.07) is 15.5. The van der Waals surface area contributed by atoms with Crippen molar-refractivity contribution in [2.24, 2.45) is 5.73 Å². The first kappa shape index (κ1) is 30.8. The quantitative estimate of drug-likeness (QED) is 0.160. The average molecular weight is 609 g/mol. The van der Waals surface area contributed by atoms with Crippen molar-refractivity contribution in [1.82, 2.24) is 14.9 Å². The number of primary amides is 1. The van der Waals surface area contributed by atoms with E-state index in [9.17, 15) is 27.6 Å². The normalized spacial score (nSPS) is 14.2. The number of rotatable bonds is 12. The number of halogens is 4. The molecule has 5 rings (SSSR count). The molecule has 0 saturated carbocycles. The summed E-state index contributed by atoms with van der Waals surface area (Å²) in [7, 11) is 0. The van der Waals surface area contributed by atoms with Crippen LogP contribution in [0.15, 0.2) is 60.9 Å². The number of anilines is 1. The van der Waals surface area contributed by atoms with Gasteiger partial charge >= 0.3 is 12.3 Å². The Labute approximate surface area is 252 Å². The molecule has 0 bridgehead atoms. The van der Waals surface area contributed by atoms with Gasteiger partial charge in [-0.15, -0.1) is 0 Å². The molecule has 2 aromatic heterocycles. The molecule has 12 heteroatoms. The van der Waals surface area contributed by atoms with E-state index in [0.29, 0.717) is 35.6 Å². The number of benzene rings is 2. The van der Waals surface area contributed by atoms with Gasteiger partial charge in [-0.2, -0.15) is 14.0 Å². The van der Waals surface area contributed by atoms with Crippen molar-refractivity contribution < 1.29 is 27.1 Å². The van der Waals surface area contributed by atoms with Crippen LogP contribution in [0.3, 0.4) is 0 Å². The molecule has 1 aliphatic heterocycles. The number of ether oxygens (including phenoxy) is 1. The minimum atomic E-state index is -4.27. The zero-order chi connectivity index (χ0) is 31.3. The zero-order valence-corrected chi connectivity index (χ0v) is 23.9. The van der Waals surface area contributed by atoms with Crippen LogP contribution in [-0.4, -0.2) is 72.5 Å². The predicted octanol–water partition coefficient (Wildman–Crippen LogP) is 5.62. The first-order chi connectivity index (χ1) is 21.1. The number of aromatic nitrogens is 2. The fraction of sp³-hybridized carbons (Fsp3) is 0.344. The van der Waals surface area contributed by atoms with Crippen molar-refractivity contribution in [2.45, 2.75) is 31.6 Å². The Bertz CT molecular complexity index is 1660. The molecule has 0 aliphatic carbocycles. The summed E-state index contributed by atoms with van der Waals surface area (Å²) in [5.41, 5.74) is 9.84. The first-order valence-electron chi connectivity index (χ1n) is 14.3. The van der Waals surface area contributed by atoms with Crippen LogP contribution in [0.1, 0.15) is 34.3 Å². The second kappa shape index (κ2) is 13.3. The number of nitriles is 1. The second-order valence-corrected chi connectivity index (χ2v) is 10.8. The van der Waals surface area contributed by atoms with Gasteiger partial charge < -0.3 is 20.4 Å². The van der Waals surface area contributed by atoms with Gasteiger partial charge in [0.05, 0.1) is 17.2 Å². The van der Waals surface area contributed by atoms with E-state index in [1.165, 1.54) is 23.8 Å². The molecule has 0 spiro atoms. The van der Waals surface area contributed by atoms with Crippen molar-refractivity contribution >= 4 is 22.6 Å². The summed E-state index contributed by atoms with van der Waals surface area (Å²) in [5, 5.41) is 10.3. The van der Waals surface area contributed by atoms with Gasteiger partial charge in [-0.25, -0.2) is 13.8 Å². The molecule has 1 amide bonds. The monoisotopic (exact) mass is 608 g/mol. The highest BCUT2D eigenvalue weighted by atomic mass is 19.3. The number of aromatic amines is 1. The first-order valence-corrected chi connectivity index (χ1v) is 14.3. The molecule has 44 heavy (non-hydrogen) atoms. The highest BCUT2D eigenvalue weighted by molar-refractivity contribution is 5.99. The van der Waals surface area contributed by atoms with Gasteiger partial charge in [0.2, 0.25) is 0 Å². The molecule has 1 saturated heterocycles. The van der Waals surface area contributed by atoms with Gasteiger partial charge in [0.15, 0.2) is 6.61 Å². The van der Waals surface area contributed by atoms with Gasteiger partial charge in [0.25, 0.3) is 5.91 Å². The largest absolute Gasteiger partial charge is 0.487 e. The van der Waals surface area contributed by atoms with Crippen LogP contribution < -0.4 is 15.4 Å². The van der Waals surface area contributed by atoms with Crippen molar-refractivity contribution in [3.05, 3.63) is 77.6 Å². The fourth-order valence-corrected chi connectivity index (χ4v) is 5.35. The highest BCUT2D eigenvalue weighted by Gasteiger charge is 2.41. The number of fused-ring (bicyclic) bond motifs is 1. The van der Waals surface area contributed by atoms with E-state index in [4.69, 9.17) is 10.5 Å². The molecule has 0 radical (unpaired) electrons.